The molecule has 0 aromatic rings. The molecule has 0 spiro atoms. The van der Waals surface area contributed by atoms with Crippen molar-refractivity contribution in [2.75, 3.05) is 46.2 Å². The zero-order valence-corrected chi connectivity index (χ0v) is 52.1. The van der Waals surface area contributed by atoms with Gasteiger partial charge < -0.3 is 194 Å². The van der Waals surface area contributed by atoms with Crippen molar-refractivity contribution in [3.8, 4) is 0 Å². The zero-order chi connectivity index (χ0) is 70.6. The average Bonchev–Trinajstić information content (AvgIpc) is 0.767. The topological polar surface area (TPSA) is 631 Å². The monoisotopic (exact) mass is 1400 g/mol. The highest BCUT2D eigenvalue weighted by Crippen LogP contribution is 2.40. The van der Waals surface area contributed by atoms with Gasteiger partial charge in [-0.2, -0.15) is 0 Å². The Labute approximate surface area is 546 Å². The Kier molecular flexibility index (Phi) is 28.3. The second-order valence-corrected chi connectivity index (χ2v) is 24.5. The van der Waals surface area contributed by atoms with Crippen molar-refractivity contribution < 1.29 is 193 Å². The van der Waals surface area contributed by atoms with Gasteiger partial charge in [0.15, 0.2) is 50.3 Å². The number of rotatable bonds is 25. The van der Waals surface area contributed by atoms with E-state index in [1.54, 1.807) is 0 Å². The number of aliphatic hydroxyl groups excluding tert-OH is 21. The summed E-state index contributed by atoms with van der Waals surface area (Å²) in [6.45, 7) is 1.55. The van der Waals surface area contributed by atoms with Gasteiger partial charge in [-0.05, 0) is 13.8 Å². The molecule has 0 unspecified atom stereocenters. The molecule has 23 N–H and O–H groups in total. The zero-order valence-electron chi connectivity index (χ0n) is 52.1. The van der Waals surface area contributed by atoms with Crippen molar-refractivity contribution >= 4 is 11.8 Å². The third-order valence-corrected chi connectivity index (χ3v) is 17.7. The van der Waals surface area contributed by atoms with Crippen LogP contribution < -0.4 is 10.6 Å². The molecule has 556 valence electrons. The van der Waals surface area contributed by atoms with E-state index in [2.05, 4.69) is 17.2 Å². The number of amides is 2. The number of aliphatic hydroxyl groups is 21. The van der Waals surface area contributed by atoms with Crippen LogP contribution in [0.1, 0.15) is 27.7 Å². The maximum Gasteiger partial charge on any atom is 0.217 e. The van der Waals surface area contributed by atoms with Crippen LogP contribution >= 0.6 is 0 Å². The Morgan fingerprint density at radius 1 is 0.333 bits per heavy atom. The maximum absolute atomic E-state index is 13.4. The lowest BCUT2D eigenvalue weighted by Crippen LogP contribution is -2.71. The number of carbonyl (C=O) groups excluding carboxylic acids is 2. The molecule has 8 saturated heterocycles. The molecule has 2 amide bonds. The summed E-state index contributed by atoms with van der Waals surface area (Å²) in [5.41, 5.74) is 0. The van der Waals surface area contributed by atoms with Crippen LogP contribution in [0.5, 0.6) is 0 Å². The molecular formula is C55H92N2O39. The minimum absolute atomic E-state index is 0.236. The summed E-state index contributed by atoms with van der Waals surface area (Å²) in [5.74, 6) is -1.86. The van der Waals surface area contributed by atoms with Crippen LogP contribution in [0.4, 0.5) is 0 Å². The molecule has 8 rings (SSSR count). The van der Waals surface area contributed by atoms with Crippen molar-refractivity contribution in [1.29, 1.82) is 0 Å². The van der Waals surface area contributed by atoms with E-state index in [4.69, 9.17) is 75.8 Å². The Morgan fingerprint density at radius 2 is 0.656 bits per heavy atom. The average molecular weight is 1410 g/mol. The Morgan fingerprint density at radius 3 is 1.08 bits per heavy atom. The summed E-state index contributed by atoms with van der Waals surface area (Å²) < 4.78 is 95.6. The number of ether oxygens (including phenoxy) is 16. The first-order valence-electron chi connectivity index (χ1n) is 30.9. The second-order valence-electron chi connectivity index (χ2n) is 24.5. The van der Waals surface area contributed by atoms with E-state index in [-0.39, 0.29) is 6.61 Å². The van der Waals surface area contributed by atoms with E-state index in [1.807, 2.05) is 0 Å². The molecule has 41 nitrogen and oxygen atoms in total. The molecule has 8 heterocycles. The standard InChI is InChI=1S/C55H92N2O39/c1-6-7-81-50-40(79)35(74)42(20(10-60)89-50)91-55-41(80)47(96-49-25(57-17(5)64)46(95-52-37(76)32(71)27(66)15(3)84-52)44(22(12-62)88-49)93-54-39(78)34(73)29(68)19(9-59)86-54)30(69)23(90-55)13-82-48-24(56-16(4)63)45(94-51-36(75)31(70)26(65)14(2)83-51)43(21(11-61)87-48)92-53-38(77)33(72)28(67)18(8-58)85-53/h6,14-15,18-55,58-62,65-80H,1,7-13H2,2-5H3,(H,56,63)(H,57,64)/t14-,15-,18+,19+,20+,21+,22+,23+,24+,25+,26+,27+,28-,29-,30-,31+,32+,33-,34-,35+,36-,37-,38+,39+,40+,41+,42+,43+,44+,45+,46+,47-,48+,49-,50+,51-,52-,53-,54-,55-/m0/s1. The van der Waals surface area contributed by atoms with E-state index < -0.39 is 297 Å². The largest absolute Gasteiger partial charge is 0.394 e. The summed E-state index contributed by atoms with van der Waals surface area (Å²) in [7, 11) is 0. The number of hydrogen-bond acceptors (Lipinski definition) is 39. The van der Waals surface area contributed by atoms with Gasteiger partial charge in [-0.3, -0.25) is 9.59 Å². The molecule has 0 bridgehead atoms. The second kappa shape index (κ2) is 34.4. The van der Waals surface area contributed by atoms with Gasteiger partial charge in [-0.15, -0.1) is 6.58 Å². The van der Waals surface area contributed by atoms with Crippen LogP contribution in [0.25, 0.3) is 0 Å². The summed E-state index contributed by atoms with van der Waals surface area (Å²) in [5, 5.41) is 236. The predicted molar refractivity (Wildman–Crippen MR) is 299 cm³/mol. The molecule has 41 heteroatoms. The molecule has 8 aliphatic rings. The molecule has 0 radical (unpaired) electrons. The lowest BCUT2D eigenvalue weighted by Gasteiger charge is -2.52. The lowest BCUT2D eigenvalue weighted by atomic mass is 9.93. The van der Waals surface area contributed by atoms with Crippen LogP contribution in [0.15, 0.2) is 12.7 Å². The van der Waals surface area contributed by atoms with Gasteiger partial charge >= 0.3 is 0 Å². The van der Waals surface area contributed by atoms with E-state index in [0.717, 1.165) is 13.8 Å². The van der Waals surface area contributed by atoms with Gasteiger partial charge in [-0.1, -0.05) is 6.08 Å². The molecule has 0 aromatic heterocycles. The van der Waals surface area contributed by atoms with Crippen molar-refractivity contribution in [3.63, 3.8) is 0 Å². The summed E-state index contributed by atoms with van der Waals surface area (Å²) >= 11 is 0. The van der Waals surface area contributed by atoms with Crippen LogP contribution in [-0.4, -0.2) is 411 Å². The molecule has 8 fully saturated rings. The number of hydrogen-bond donors (Lipinski definition) is 23. The summed E-state index contributed by atoms with van der Waals surface area (Å²) in [6.07, 6.45) is -72.7. The summed E-state index contributed by atoms with van der Waals surface area (Å²) in [4.78, 5) is 26.7. The highest BCUT2D eigenvalue weighted by Gasteiger charge is 2.60. The van der Waals surface area contributed by atoms with Crippen molar-refractivity contribution in [3.05, 3.63) is 12.7 Å². The minimum atomic E-state index is -2.40. The van der Waals surface area contributed by atoms with Crippen molar-refractivity contribution in [2.45, 2.75) is 273 Å². The fourth-order valence-electron chi connectivity index (χ4n) is 12.4. The normalized spacial score (nSPS) is 50.3. The highest BCUT2D eigenvalue weighted by molar-refractivity contribution is 5.73. The van der Waals surface area contributed by atoms with Gasteiger partial charge in [0.25, 0.3) is 0 Å². The van der Waals surface area contributed by atoms with Crippen LogP contribution in [0.3, 0.4) is 0 Å². The first kappa shape index (κ1) is 78.9. The third kappa shape index (κ3) is 17.1. The SMILES string of the molecule is C=CCO[C@@H]1O[C@H](CO)[C@@H](O[C@@H]2O[C@H](CO[C@@H]3O[C@H](CO)[C@@H](O[C@@H]4O[C@H](CO)[C@H](O)[C@H](O)[C@H]4O)[C@H](O[C@@H]4O[C@@H](C)[C@@H](O)[C@@H](O)[C@@H]4O)[C@H]3NC(C)=O)[C@H](O)[C@H](O[C@@H]3O[C@H](CO)[C@@H](O[C@@H]4O[C@H](CO)[C@H](O)[C@H](O)[C@H]4O)[C@H](O[C@@H]4O[C@@H](C)[C@@H](O)[C@@H](O)[C@@H]4O)[C@H]3NC(C)=O)[C@H]2O)[C@H](O)[C@H]1O. The molecule has 0 saturated carbocycles. The molecule has 0 aromatic carbocycles. The predicted octanol–water partition coefficient (Wildman–Crippen LogP) is -14.9. The van der Waals surface area contributed by atoms with Gasteiger partial charge in [-0.25, -0.2) is 0 Å². The molecular weight excluding hydrogens is 1310 g/mol. The first-order valence-corrected chi connectivity index (χ1v) is 30.9. The minimum Gasteiger partial charge on any atom is -0.394 e. The smallest absolute Gasteiger partial charge is 0.217 e. The number of carbonyl (C=O) groups is 2. The molecule has 96 heavy (non-hydrogen) atoms. The van der Waals surface area contributed by atoms with Gasteiger partial charge in [0.2, 0.25) is 11.8 Å². The Bertz CT molecular complexity index is 2430. The van der Waals surface area contributed by atoms with Crippen molar-refractivity contribution in [2.24, 2.45) is 0 Å². The Hall–Kier alpha value is -2.80. The van der Waals surface area contributed by atoms with Crippen LogP contribution in [0.2, 0.25) is 0 Å². The maximum atomic E-state index is 13.4. The van der Waals surface area contributed by atoms with Gasteiger partial charge in [0.05, 0.1) is 58.5 Å². The van der Waals surface area contributed by atoms with Crippen LogP contribution in [-0.2, 0) is 85.4 Å². The quantitative estimate of drug-likeness (QED) is 0.0377. The fourth-order valence-corrected chi connectivity index (χ4v) is 12.4. The molecule has 0 aliphatic carbocycles. The van der Waals surface area contributed by atoms with Crippen molar-refractivity contribution in [1.82, 2.24) is 10.6 Å². The van der Waals surface area contributed by atoms with Crippen LogP contribution in [0, 0.1) is 0 Å². The molecule has 40 atom stereocenters. The third-order valence-electron chi connectivity index (χ3n) is 17.7. The fraction of sp³-hybridized carbons (Fsp3) is 0.927. The number of nitrogens with one attached hydrogen (secondary N) is 2. The summed E-state index contributed by atoms with van der Waals surface area (Å²) in [6, 6.07) is -3.79. The molecule has 8 aliphatic heterocycles. The lowest BCUT2D eigenvalue weighted by molar-refractivity contribution is -0.395. The Balaban J connectivity index is 1.17. The first-order chi connectivity index (χ1) is 45.4. The van der Waals surface area contributed by atoms with E-state index >= 15 is 0 Å². The van der Waals surface area contributed by atoms with E-state index in [9.17, 15) is 117 Å². The van der Waals surface area contributed by atoms with Gasteiger partial charge in [0, 0.05) is 13.8 Å². The highest BCUT2D eigenvalue weighted by atomic mass is 16.8. The van der Waals surface area contributed by atoms with E-state index in [1.165, 1.54) is 19.9 Å². The van der Waals surface area contributed by atoms with Gasteiger partial charge in [0.1, 0.15) is 183 Å². The van der Waals surface area contributed by atoms with E-state index in [0.29, 0.717) is 0 Å².